The van der Waals surface area contributed by atoms with Crippen molar-refractivity contribution in [3.63, 3.8) is 0 Å². The van der Waals surface area contributed by atoms with Crippen LogP contribution >= 0.6 is 0 Å². The summed E-state index contributed by atoms with van der Waals surface area (Å²) in [6.45, 7) is 4.06. The molecule has 2 aromatic carbocycles. The average molecular weight is 324 g/mol. The molecule has 2 N–H and O–H groups in total. The summed E-state index contributed by atoms with van der Waals surface area (Å²) in [6, 6.07) is 15.8. The SMILES string of the molecule is CCc1ccccc1NC(=O)CNC(=O)CCc1cccc(C)c1. The van der Waals surface area contributed by atoms with Gasteiger partial charge in [-0.3, -0.25) is 9.59 Å². The number of benzene rings is 2. The summed E-state index contributed by atoms with van der Waals surface area (Å²) in [7, 11) is 0. The Bertz CT molecular complexity index is 710. The van der Waals surface area contributed by atoms with Crippen molar-refractivity contribution in [2.45, 2.75) is 33.1 Å². The van der Waals surface area contributed by atoms with Crippen LogP contribution in [0.1, 0.15) is 30.0 Å². The number of para-hydroxylation sites is 1. The molecule has 24 heavy (non-hydrogen) atoms. The summed E-state index contributed by atoms with van der Waals surface area (Å²) < 4.78 is 0. The fourth-order valence-corrected chi connectivity index (χ4v) is 2.54. The lowest BCUT2D eigenvalue weighted by atomic mass is 10.1. The van der Waals surface area contributed by atoms with Crippen molar-refractivity contribution in [3.05, 3.63) is 65.2 Å². The first-order valence-electron chi connectivity index (χ1n) is 8.28. The normalized spacial score (nSPS) is 10.2. The Hall–Kier alpha value is -2.62. The van der Waals surface area contributed by atoms with E-state index in [1.165, 1.54) is 5.56 Å². The number of amides is 2. The zero-order valence-electron chi connectivity index (χ0n) is 14.3. The number of aryl methyl sites for hydroxylation is 3. The van der Waals surface area contributed by atoms with E-state index in [4.69, 9.17) is 0 Å². The molecule has 0 aliphatic carbocycles. The van der Waals surface area contributed by atoms with Crippen LogP contribution in [0.2, 0.25) is 0 Å². The van der Waals surface area contributed by atoms with E-state index < -0.39 is 0 Å². The molecule has 0 heterocycles. The van der Waals surface area contributed by atoms with Crippen LogP contribution in [-0.4, -0.2) is 18.4 Å². The monoisotopic (exact) mass is 324 g/mol. The Morgan fingerprint density at radius 3 is 2.54 bits per heavy atom. The van der Waals surface area contributed by atoms with Crippen molar-refractivity contribution in [3.8, 4) is 0 Å². The standard InChI is InChI=1S/C20H24N2O2/c1-3-17-9-4-5-10-18(17)22-20(24)14-21-19(23)12-11-16-8-6-7-15(2)13-16/h4-10,13H,3,11-12,14H2,1-2H3,(H,21,23)(H,22,24). The van der Waals surface area contributed by atoms with Crippen LogP contribution in [-0.2, 0) is 22.4 Å². The first-order valence-corrected chi connectivity index (χ1v) is 8.28. The van der Waals surface area contributed by atoms with Crippen LogP contribution in [0.3, 0.4) is 0 Å². The summed E-state index contributed by atoms with van der Waals surface area (Å²) in [6.07, 6.45) is 1.90. The molecule has 2 amide bonds. The Labute approximate surface area is 143 Å². The van der Waals surface area contributed by atoms with E-state index in [0.29, 0.717) is 12.8 Å². The highest BCUT2D eigenvalue weighted by molar-refractivity contribution is 5.95. The van der Waals surface area contributed by atoms with E-state index in [0.717, 1.165) is 23.2 Å². The summed E-state index contributed by atoms with van der Waals surface area (Å²) in [5.41, 5.74) is 4.20. The van der Waals surface area contributed by atoms with Gasteiger partial charge in [0.1, 0.15) is 0 Å². The van der Waals surface area contributed by atoms with Crippen LogP contribution in [0.5, 0.6) is 0 Å². The van der Waals surface area contributed by atoms with Crippen molar-refractivity contribution >= 4 is 17.5 Å². The lowest BCUT2D eigenvalue weighted by Crippen LogP contribution is -2.33. The molecule has 0 aromatic heterocycles. The fraction of sp³-hybridized carbons (Fsp3) is 0.300. The second-order valence-electron chi connectivity index (χ2n) is 5.82. The molecule has 2 rings (SSSR count). The van der Waals surface area contributed by atoms with E-state index in [9.17, 15) is 9.59 Å². The zero-order chi connectivity index (χ0) is 17.4. The first-order chi connectivity index (χ1) is 11.6. The van der Waals surface area contributed by atoms with Gasteiger partial charge in [-0.25, -0.2) is 0 Å². The highest BCUT2D eigenvalue weighted by Crippen LogP contribution is 2.15. The molecule has 0 radical (unpaired) electrons. The van der Waals surface area contributed by atoms with Gasteiger partial charge in [0.2, 0.25) is 11.8 Å². The largest absolute Gasteiger partial charge is 0.347 e. The number of hydrogen-bond acceptors (Lipinski definition) is 2. The summed E-state index contributed by atoms with van der Waals surface area (Å²) in [5, 5.41) is 5.52. The minimum absolute atomic E-state index is 0.00923. The van der Waals surface area contributed by atoms with Gasteiger partial charge in [0, 0.05) is 12.1 Å². The molecule has 126 valence electrons. The quantitative estimate of drug-likeness (QED) is 0.821. The third kappa shape index (κ3) is 5.54. The van der Waals surface area contributed by atoms with Gasteiger partial charge in [0.25, 0.3) is 0 Å². The van der Waals surface area contributed by atoms with Gasteiger partial charge in [-0.1, -0.05) is 55.0 Å². The van der Waals surface area contributed by atoms with E-state index >= 15 is 0 Å². The number of hydrogen-bond donors (Lipinski definition) is 2. The molecule has 4 heteroatoms. The minimum atomic E-state index is -0.209. The van der Waals surface area contributed by atoms with Gasteiger partial charge in [0.15, 0.2) is 0 Å². The average Bonchev–Trinajstić information content (AvgIpc) is 2.58. The van der Waals surface area contributed by atoms with E-state index in [1.54, 1.807) is 0 Å². The van der Waals surface area contributed by atoms with Gasteiger partial charge in [-0.2, -0.15) is 0 Å². The maximum absolute atomic E-state index is 12.0. The van der Waals surface area contributed by atoms with E-state index in [2.05, 4.69) is 16.7 Å². The highest BCUT2D eigenvalue weighted by atomic mass is 16.2. The van der Waals surface area contributed by atoms with Crippen LogP contribution in [0, 0.1) is 6.92 Å². The Kier molecular flexibility index (Phi) is 6.55. The molecule has 0 atom stereocenters. The Balaban J connectivity index is 1.76. The Morgan fingerprint density at radius 1 is 1.00 bits per heavy atom. The van der Waals surface area contributed by atoms with Crippen molar-refractivity contribution in [1.29, 1.82) is 0 Å². The van der Waals surface area contributed by atoms with Gasteiger partial charge in [-0.15, -0.1) is 0 Å². The van der Waals surface area contributed by atoms with Crippen LogP contribution in [0.15, 0.2) is 48.5 Å². The number of anilines is 1. The fourth-order valence-electron chi connectivity index (χ4n) is 2.54. The van der Waals surface area contributed by atoms with Crippen LogP contribution in [0.25, 0.3) is 0 Å². The molecular formula is C20H24N2O2. The molecule has 0 unspecified atom stereocenters. The lowest BCUT2D eigenvalue weighted by Gasteiger charge is -2.10. The van der Waals surface area contributed by atoms with Gasteiger partial charge < -0.3 is 10.6 Å². The summed E-state index contributed by atoms with van der Waals surface area (Å²) in [4.78, 5) is 23.9. The third-order valence-corrected chi connectivity index (χ3v) is 3.84. The van der Waals surface area contributed by atoms with Crippen molar-refractivity contribution < 1.29 is 9.59 Å². The molecular weight excluding hydrogens is 300 g/mol. The van der Waals surface area contributed by atoms with Gasteiger partial charge in [-0.05, 0) is 37.0 Å². The number of rotatable bonds is 7. The molecule has 0 fully saturated rings. The Morgan fingerprint density at radius 2 is 1.79 bits per heavy atom. The first kappa shape index (κ1) is 17.7. The molecule has 0 saturated heterocycles. The number of carbonyl (C=O) groups excluding carboxylic acids is 2. The van der Waals surface area contributed by atoms with E-state index in [1.807, 2.05) is 56.3 Å². The maximum Gasteiger partial charge on any atom is 0.243 e. The van der Waals surface area contributed by atoms with Gasteiger partial charge in [0.05, 0.1) is 6.54 Å². The smallest absolute Gasteiger partial charge is 0.243 e. The summed E-state index contributed by atoms with van der Waals surface area (Å²) >= 11 is 0. The zero-order valence-corrected chi connectivity index (χ0v) is 14.3. The van der Waals surface area contributed by atoms with Gasteiger partial charge >= 0.3 is 0 Å². The summed E-state index contributed by atoms with van der Waals surface area (Å²) in [5.74, 6) is -0.324. The number of carbonyl (C=O) groups is 2. The molecule has 4 nitrogen and oxygen atoms in total. The molecule has 0 saturated carbocycles. The van der Waals surface area contributed by atoms with Crippen molar-refractivity contribution in [2.24, 2.45) is 0 Å². The molecule has 0 aliphatic heterocycles. The minimum Gasteiger partial charge on any atom is -0.347 e. The lowest BCUT2D eigenvalue weighted by molar-refractivity contribution is -0.124. The number of nitrogens with one attached hydrogen (secondary N) is 2. The predicted octanol–water partition coefficient (Wildman–Crippen LogP) is 3.24. The highest BCUT2D eigenvalue weighted by Gasteiger charge is 2.08. The third-order valence-electron chi connectivity index (χ3n) is 3.84. The molecule has 2 aromatic rings. The second kappa shape index (κ2) is 8.87. The van der Waals surface area contributed by atoms with Crippen LogP contribution in [0.4, 0.5) is 5.69 Å². The van der Waals surface area contributed by atoms with Crippen molar-refractivity contribution in [2.75, 3.05) is 11.9 Å². The predicted molar refractivity (Wildman–Crippen MR) is 97.0 cm³/mol. The van der Waals surface area contributed by atoms with Crippen LogP contribution < -0.4 is 10.6 Å². The molecule has 0 bridgehead atoms. The van der Waals surface area contributed by atoms with E-state index in [-0.39, 0.29) is 18.4 Å². The maximum atomic E-state index is 12.0. The molecule has 0 spiro atoms. The van der Waals surface area contributed by atoms with Crippen molar-refractivity contribution in [1.82, 2.24) is 5.32 Å². The molecule has 0 aliphatic rings. The second-order valence-corrected chi connectivity index (χ2v) is 5.82. The topological polar surface area (TPSA) is 58.2 Å².